The number of rotatable bonds is 3. The molecule has 3 heteroatoms. The zero-order valence-electron chi connectivity index (χ0n) is 10.4. The standard InChI is InChI=1S/C13H24N2O/c1-13(6-8-16-9-7-13)10-15-12(14)11-4-2-3-5-11/h11H,2-10H2,1H3,(H2,14,15). The largest absolute Gasteiger partial charge is 0.387 e. The lowest BCUT2D eigenvalue weighted by atomic mass is 9.82. The molecule has 2 fully saturated rings. The molecule has 0 atom stereocenters. The fraction of sp³-hybridized carbons (Fsp3) is 0.923. The van der Waals surface area contributed by atoms with E-state index in [1.54, 1.807) is 0 Å². The van der Waals surface area contributed by atoms with Gasteiger partial charge in [-0.3, -0.25) is 4.99 Å². The first-order valence-corrected chi connectivity index (χ1v) is 6.57. The molecule has 0 unspecified atom stereocenters. The van der Waals surface area contributed by atoms with E-state index in [0.29, 0.717) is 11.3 Å². The highest BCUT2D eigenvalue weighted by atomic mass is 16.5. The van der Waals surface area contributed by atoms with Crippen LogP contribution in [0, 0.1) is 11.3 Å². The van der Waals surface area contributed by atoms with Crippen molar-refractivity contribution in [2.24, 2.45) is 22.1 Å². The average Bonchev–Trinajstić information content (AvgIpc) is 2.80. The smallest absolute Gasteiger partial charge is 0.0968 e. The maximum Gasteiger partial charge on any atom is 0.0968 e. The van der Waals surface area contributed by atoms with Crippen LogP contribution in [0.4, 0.5) is 0 Å². The molecule has 1 saturated heterocycles. The summed E-state index contributed by atoms with van der Waals surface area (Å²) in [6.45, 7) is 4.96. The molecule has 3 nitrogen and oxygen atoms in total. The summed E-state index contributed by atoms with van der Waals surface area (Å²) in [7, 11) is 0. The van der Waals surface area contributed by atoms with Crippen molar-refractivity contribution in [2.75, 3.05) is 19.8 Å². The molecule has 16 heavy (non-hydrogen) atoms. The minimum Gasteiger partial charge on any atom is -0.387 e. The molecule has 0 aromatic carbocycles. The van der Waals surface area contributed by atoms with Crippen LogP contribution in [0.3, 0.4) is 0 Å². The van der Waals surface area contributed by atoms with Gasteiger partial charge < -0.3 is 10.5 Å². The topological polar surface area (TPSA) is 47.6 Å². The summed E-state index contributed by atoms with van der Waals surface area (Å²) in [6.07, 6.45) is 7.38. The van der Waals surface area contributed by atoms with Gasteiger partial charge in [0.2, 0.25) is 0 Å². The third-order valence-corrected chi connectivity index (χ3v) is 4.12. The Morgan fingerprint density at radius 1 is 1.31 bits per heavy atom. The van der Waals surface area contributed by atoms with Crippen molar-refractivity contribution in [3.63, 3.8) is 0 Å². The van der Waals surface area contributed by atoms with Gasteiger partial charge in [0.05, 0.1) is 5.84 Å². The van der Waals surface area contributed by atoms with Gasteiger partial charge in [0.15, 0.2) is 0 Å². The highest BCUT2D eigenvalue weighted by Gasteiger charge is 2.27. The molecular weight excluding hydrogens is 200 g/mol. The lowest BCUT2D eigenvalue weighted by Crippen LogP contribution is -2.31. The maximum absolute atomic E-state index is 6.07. The van der Waals surface area contributed by atoms with E-state index < -0.39 is 0 Å². The van der Waals surface area contributed by atoms with Crippen LogP contribution in [-0.4, -0.2) is 25.6 Å². The van der Waals surface area contributed by atoms with Crippen LogP contribution in [0.15, 0.2) is 4.99 Å². The monoisotopic (exact) mass is 224 g/mol. The van der Waals surface area contributed by atoms with Crippen LogP contribution in [0.5, 0.6) is 0 Å². The summed E-state index contributed by atoms with van der Waals surface area (Å²) in [4.78, 5) is 4.64. The number of ether oxygens (including phenoxy) is 1. The SMILES string of the molecule is CC1(CN=C(N)C2CCCC2)CCOCC1. The van der Waals surface area contributed by atoms with Crippen LogP contribution >= 0.6 is 0 Å². The molecule has 2 aliphatic rings. The van der Waals surface area contributed by atoms with Crippen molar-refractivity contribution in [1.82, 2.24) is 0 Å². The summed E-state index contributed by atoms with van der Waals surface area (Å²) in [5.41, 5.74) is 6.39. The van der Waals surface area contributed by atoms with Crippen molar-refractivity contribution in [2.45, 2.75) is 45.4 Å². The zero-order chi connectivity index (χ0) is 11.4. The molecule has 0 aromatic rings. The predicted molar refractivity (Wildman–Crippen MR) is 66.6 cm³/mol. The lowest BCUT2D eigenvalue weighted by Gasteiger charge is -2.32. The fourth-order valence-electron chi connectivity index (χ4n) is 2.66. The quantitative estimate of drug-likeness (QED) is 0.591. The first kappa shape index (κ1) is 11.9. The number of amidine groups is 1. The Hall–Kier alpha value is -0.570. The van der Waals surface area contributed by atoms with Gasteiger partial charge in [-0.25, -0.2) is 0 Å². The Bertz CT molecular complexity index is 251. The molecule has 1 saturated carbocycles. The molecule has 0 radical (unpaired) electrons. The normalized spacial score (nSPS) is 27.2. The number of nitrogens with zero attached hydrogens (tertiary/aromatic N) is 1. The summed E-state index contributed by atoms with van der Waals surface area (Å²) in [5, 5.41) is 0. The third-order valence-electron chi connectivity index (χ3n) is 4.12. The molecule has 1 aliphatic carbocycles. The van der Waals surface area contributed by atoms with Gasteiger partial charge >= 0.3 is 0 Å². The predicted octanol–water partition coefficient (Wildman–Crippen LogP) is 2.35. The van der Waals surface area contributed by atoms with E-state index in [-0.39, 0.29) is 0 Å². The molecule has 0 aromatic heterocycles. The van der Waals surface area contributed by atoms with E-state index in [0.717, 1.165) is 38.4 Å². The minimum absolute atomic E-state index is 0.321. The van der Waals surface area contributed by atoms with E-state index in [4.69, 9.17) is 10.5 Å². The number of nitrogens with two attached hydrogens (primary N) is 1. The first-order chi connectivity index (χ1) is 7.70. The molecule has 2 N–H and O–H groups in total. The van der Waals surface area contributed by atoms with E-state index in [1.165, 1.54) is 25.7 Å². The zero-order valence-corrected chi connectivity index (χ0v) is 10.4. The van der Waals surface area contributed by atoms with E-state index in [2.05, 4.69) is 11.9 Å². The maximum atomic E-state index is 6.07. The summed E-state index contributed by atoms with van der Waals surface area (Å²) >= 11 is 0. The summed E-state index contributed by atoms with van der Waals surface area (Å²) in [5.74, 6) is 1.48. The summed E-state index contributed by atoms with van der Waals surface area (Å²) < 4.78 is 5.39. The highest BCUT2D eigenvalue weighted by Crippen LogP contribution is 2.31. The molecule has 92 valence electrons. The van der Waals surface area contributed by atoms with Crippen LogP contribution < -0.4 is 5.73 Å². The second kappa shape index (κ2) is 5.17. The minimum atomic E-state index is 0.321. The van der Waals surface area contributed by atoms with Crippen LogP contribution in [-0.2, 0) is 4.74 Å². The molecule has 0 bridgehead atoms. The van der Waals surface area contributed by atoms with Gasteiger partial charge in [0, 0.05) is 25.7 Å². The molecule has 1 aliphatic heterocycles. The van der Waals surface area contributed by atoms with Gasteiger partial charge in [-0.1, -0.05) is 19.8 Å². The molecule has 0 spiro atoms. The van der Waals surface area contributed by atoms with Crippen molar-refractivity contribution in [3.8, 4) is 0 Å². The van der Waals surface area contributed by atoms with Crippen LogP contribution in [0.25, 0.3) is 0 Å². The highest BCUT2D eigenvalue weighted by molar-refractivity contribution is 5.83. The second-order valence-electron chi connectivity index (χ2n) is 5.65. The summed E-state index contributed by atoms with van der Waals surface area (Å²) in [6, 6.07) is 0. The Balaban J connectivity index is 1.86. The molecule has 1 heterocycles. The van der Waals surface area contributed by atoms with Crippen molar-refractivity contribution in [1.29, 1.82) is 0 Å². The van der Waals surface area contributed by atoms with E-state index in [1.807, 2.05) is 0 Å². The average molecular weight is 224 g/mol. The Labute approximate surface area is 98.5 Å². The molecular formula is C13H24N2O. The number of hydrogen-bond acceptors (Lipinski definition) is 2. The third kappa shape index (κ3) is 2.97. The van der Waals surface area contributed by atoms with E-state index >= 15 is 0 Å². The Morgan fingerprint density at radius 3 is 2.56 bits per heavy atom. The van der Waals surface area contributed by atoms with Gasteiger partial charge in [-0.2, -0.15) is 0 Å². The lowest BCUT2D eigenvalue weighted by molar-refractivity contribution is 0.0283. The fourth-order valence-corrected chi connectivity index (χ4v) is 2.66. The van der Waals surface area contributed by atoms with Gasteiger partial charge in [0.1, 0.15) is 0 Å². The van der Waals surface area contributed by atoms with Crippen molar-refractivity contribution < 1.29 is 4.74 Å². The van der Waals surface area contributed by atoms with Gasteiger partial charge in [0.25, 0.3) is 0 Å². The molecule has 0 amide bonds. The van der Waals surface area contributed by atoms with E-state index in [9.17, 15) is 0 Å². The van der Waals surface area contributed by atoms with Crippen LogP contribution in [0.1, 0.15) is 45.4 Å². The van der Waals surface area contributed by atoms with Gasteiger partial charge in [-0.05, 0) is 31.1 Å². The Kier molecular flexibility index (Phi) is 3.85. The van der Waals surface area contributed by atoms with Crippen LogP contribution in [0.2, 0.25) is 0 Å². The number of hydrogen-bond donors (Lipinski definition) is 1. The van der Waals surface area contributed by atoms with Crippen molar-refractivity contribution >= 4 is 5.84 Å². The Morgan fingerprint density at radius 2 is 1.94 bits per heavy atom. The van der Waals surface area contributed by atoms with Gasteiger partial charge in [-0.15, -0.1) is 0 Å². The number of aliphatic imine (C=N–C) groups is 1. The first-order valence-electron chi connectivity index (χ1n) is 6.57. The second-order valence-corrected chi connectivity index (χ2v) is 5.65. The van der Waals surface area contributed by atoms with Crippen molar-refractivity contribution in [3.05, 3.63) is 0 Å². The molecule has 2 rings (SSSR count).